The van der Waals surface area contributed by atoms with Crippen molar-refractivity contribution < 1.29 is 17.9 Å². The minimum Gasteiger partial charge on any atom is -0.494 e. The second-order valence-corrected chi connectivity index (χ2v) is 10.6. The Morgan fingerprint density at radius 3 is 2.22 bits per heavy atom. The summed E-state index contributed by atoms with van der Waals surface area (Å²) in [6, 6.07) is 21.1. The Bertz CT molecular complexity index is 1270. The number of aryl methyl sites for hydroxylation is 1. The molecule has 0 aliphatic carbocycles. The summed E-state index contributed by atoms with van der Waals surface area (Å²) in [6.07, 6.45) is 2.42. The highest BCUT2D eigenvalue weighted by Crippen LogP contribution is 2.26. The molecular weight excluding hydrogens is 474 g/mol. The van der Waals surface area contributed by atoms with Gasteiger partial charge in [-0.1, -0.05) is 50.6 Å². The van der Waals surface area contributed by atoms with Crippen LogP contribution < -0.4 is 14.5 Å². The predicted octanol–water partition coefficient (Wildman–Crippen LogP) is 5.25. The van der Waals surface area contributed by atoms with Crippen molar-refractivity contribution in [2.24, 2.45) is 5.10 Å². The first-order valence-corrected chi connectivity index (χ1v) is 13.4. The fraction of sp³-hybridized carbons (Fsp3) is 0.286. The maximum Gasteiger partial charge on any atom is 0.264 e. The average Bonchev–Trinajstić information content (AvgIpc) is 2.87. The standard InChI is InChI=1S/C28H33N3O4S/c1-5-18-35-26-14-8-23(9-15-26)19-29-30-28(32)20-31(25-12-10-24(11-13-25)21(2)3)36(33,34)27-16-6-22(4)7-17-27/h6-17,19,21H,5,18,20H2,1-4H3,(H,30,32)/b29-19+. The number of rotatable bonds is 11. The van der Waals surface area contributed by atoms with Gasteiger partial charge < -0.3 is 4.74 Å². The van der Waals surface area contributed by atoms with E-state index in [1.807, 2.05) is 50.2 Å². The van der Waals surface area contributed by atoms with Crippen LogP contribution in [0.15, 0.2) is 82.8 Å². The van der Waals surface area contributed by atoms with E-state index in [4.69, 9.17) is 4.74 Å². The van der Waals surface area contributed by atoms with Crippen LogP contribution in [0.25, 0.3) is 0 Å². The number of hydrogen-bond donors (Lipinski definition) is 1. The third-order valence-electron chi connectivity index (χ3n) is 5.50. The van der Waals surface area contributed by atoms with Crippen LogP contribution in [0.4, 0.5) is 5.69 Å². The van der Waals surface area contributed by atoms with Crippen molar-refractivity contribution in [2.75, 3.05) is 17.5 Å². The van der Waals surface area contributed by atoms with E-state index < -0.39 is 22.5 Å². The molecule has 8 heteroatoms. The number of hydrogen-bond acceptors (Lipinski definition) is 5. The number of benzene rings is 3. The summed E-state index contributed by atoms with van der Waals surface area (Å²) < 4.78 is 33.7. The zero-order valence-corrected chi connectivity index (χ0v) is 22.0. The van der Waals surface area contributed by atoms with Crippen LogP contribution in [0.2, 0.25) is 0 Å². The molecule has 0 heterocycles. The van der Waals surface area contributed by atoms with Crippen molar-refractivity contribution in [3.63, 3.8) is 0 Å². The Labute approximate surface area is 213 Å². The fourth-order valence-corrected chi connectivity index (χ4v) is 4.81. The molecule has 0 unspecified atom stereocenters. The number of amides is 1. The Morgan fingerprint density at radius 1 is 1.00 bits per heavy atom. The molecule has 0 aliphatic rings. The number of sulfonamides is 1. The van der Waals surface area contributed by atoms with Crippen molar-refractivity contribution in [3.05, 3.63) is 89.5 Å². The average molecular weight is 508 g/mol. The van der Waals surface area contributed by atoms with E-state index in [0.29, 0.717) is 18.2 Å². The lowest BCUT2D eigenvalue weighted by atomic mass is 10.0. The van der Waals surface area contributed by atoms with Gasteiger partial charge in [-0.2, -0.15) is 5.10 Å². The molecule has 0 atom stereocenters. The van der Waals surface area contributed by atoms with Gasteiger partial charge in [0.2, 0.25) is 0 Å². The second-order valence-electron chi connectivity index (χ2n) is 8.78. The zero-order valence-electron chi connectivity index (χ0n) is 21.1. The van der Waals surface area contributed by atoms with Gasteiger partial charge in [-0.05, 0) is 78.9 Å². The highest BCUT2D eigenvalue weighted by Gasteiger charge is 2.27. The van der Waals surface area contributed by atoms with Gasteiger partial charge in [0, 0.05) is 0 Å². The largest absolute Gasteiger partial charge is 0.494 e. The number of carbonyl (C=O) groups excluding carboxylic acids is 1. The Balaban J connectivity index is 1.77. The third kappa shape index (κ3) is 7.18. The minimum atomic E-state index is -3.98. The van der Waals surface area contributed by atoms with Crippen LogP contribution >= 0.6 is 0 Å². The third-order valence-corrected chi connectivity index (χ3v) is 7.29. The van der Waals surface area contributed by atoms with Crippen LogP contribution in [-0.2, 0) is 14.8 Å². The quantitative estimate of drug-likeness (QED) is 0.284. The van der Waals surface area contributed by atoms with E-state index in [-0.39, 0.29) is 4.90 Å². The van der Waals surface area contributed by atoms with Crippen LogP contribution in [0.1, 0.15) is 49.8 Å². The molecule has 3 aromatic carbocycles. The molecule has 0 radical (unpaired) electrons. The van der Waals surface area contributed by atoms with Gasteiger partial charge >= 0.3 is 0 Å². The van der Waals surface area contributed by atoms with E-state index >= 15 is 0 Å². The molecule has 3 rings (SSSR count). The Hall–Kier alpha value is -3.65. The summed E-state index contributed by atoms with van der Waals surface area (Å²) in [5.74, 6) is 0.502. The summed E-state index contributed by atoms with van der Waals surface area (Å²) in [5, 5.41) is 4.00. The van der Waals surface area contributed by atoms with Crippen LogP contribution in [-0.4, -0.2) is 33.7 Å². The molecule has 0 fully saturated rings. The molecule has 0 aromatic heterocycles. The molecule has 0 saturated heterocycles. The maximum absolute atomic E-state index is 13.5. The molecule has 1 N–H and O–H groups in total. The molecule has 190 valence electrons. The number of carbonyl (C=O) groups is 1. The predicted molar refractivity (Wildman–Crippen MR) is 144 cm³/mol. The number of hydrazone groups is 1. The minimum absolute atomic E-state index is 0.114. The summed E-state index contributed by atoms with van der Waals surface area (Å²) in [6.45, 7) is 8.28. The molecule has 0 bridgehead atoms. The van der Waals surface area contributed by atoms with Crippen LogP contribution in [0, 0.1) is 6.92 Å². The number of ether oxygens (including phenoxy) is 1. The molecule has 0 saturated carbocycles. The highest BCUT2D eigenvalue weighted by atomic mass is 32.2. The first-order chi connectivity index (χ1) is 17.2. The maximum atomic E-state index is 13.5. The van der Waals surface area contributed by atoms with Gasteiger partial charge in [0.25, 0.3) is 15.9 Å². The second kappa shape index (κ2) is 12.4. The normalized spacial score (nSPS) is 11.6. The summed E-state index contributed by atoms with van der Waals surface area (Å²) in [5.41, 5.74) is 5.63. The first kappa shape index (κ1) is 26.9. The van der Waals surface area contributed by atoms with Gasteiger partial charge in [0.1, 0.15) is 12.3 Å². The lowest BCUT2D eigenvalue weighted by molar-refractivity contribution is -0.119. The Morgan fingerprint density at radius 2 is 1.64 bits per heavy atom. The van der Waals surface area contributed by atoms with Crippen molar-refractivity contribution in [1.29, 1.82) is 0 Å². The zero-order chi connectivity index (χ0) is 26.1. The topological polar surface area (TPSA) is 88.1 Å². The van der Waals surface area contributed by atoms with Gasteiger partial charge in [-0.25, -0.2) is 13.8 Å². The first-order valence-electron chi connectivity index (χ1n) is 11.9. The number of anilines is 1. The summed E-state index contributed by atoms with van der Waals surface area (Å²) in [7, 11) is -3.98. The lowest BCUT2D eigenvalue weighted by Gasteiger charge is -2.24. The lowest BCUT2D eigenvalue weighted by Crippen LogP contribution is -2.39. The van der Waals surface area contributed by atoms with E-state index in [9.17, 15) is 13.2 Å². The molecule has 36 heavy (non-hydrogen) atoms. The van der Waals surface area contributed by atoms with Crippen LogP contribution in [0.5, 0.6) is 5.75 Å². The number of nitrogens with zero attached hydrogens (tertiary/aromatic N) is 2. The van der Waals surface area contributed by atoms with Gasteiger partial charge in [-0.3, -0.25) is 9.10 Å². The van der Waals surface area contributed by atoms with Crippen molar-refractivity contribution in [3.8, 4) is 5.75 Å². The number of nitrogens with one attached hydrogen (secondary N) is 1. The molecule has 7 nitrogen and oxygen atoms in total. The van der Waals surface area contributed by atoms with E-state index in [1.165, 1.54) is 6.21 Å². The van der Waals surface area contributed by atoms with Crippen molar-refractivity contribution in [2.45, 2.75) is 44.9 Å². The molecule has 0 spiro atoms. The summed E-state index contributed by atoms with van der Waals surface area (Å²) in [4.78, 5) is 12.9. The van der Waals surface area contributed by atoms with Crippen LogP contribution in [0.3, 0.4) is 0 Å². The SMILES string of the molecule is CCCOc1ccc(/C=N/NC(=O)CN(c2ccc(C(C)C)cc2)S(=O)(=O)c2ccc(C)cc2)cc1. The van der Waals surface area contributed by atoms with Gasteiger partial charge in [0.15, 0.2) is 0 Å². The van der Waals surface area contributed by atoms with Crippen molar-refractivity contribution >= 4 is 27.8 Å². The molecule has 0 aliphatic heterocycles. The molecular formula is C28H33N3O4S. The molecule has 3 aromatic rings. The van der Waals surface area contributed by atoms with Gasteiger partial charge in [0.05, 0.1) is 23.4 Å². The van der Waals surface area contributed by atoms with E-state index in [0.717, 1.165) is 33.2 Å². The van der Waals surface area contributed by atoms with Crippen molar-refractivity contribution in [1.82, 2.24) is 5.43 Å². The highest BCUT2D eigenvalue weighted by molar-refractivity contribution is 7.92. The van der Waals surface area contributed by atoms with E-state index in [2.05, 4.69) is 24.4 Å². The monoisotopic (exact) mass is 507 g/mol. The fourth-order valence-electron chi connectivity index (χ4n) is 3.39. The molecule has 1 amide bonds. The smallest absolute Gasteiger partial charge is 0.264 e. The van der Waals surface area contributed by atoms with E-state index in [1.54, 1.807) is 36.4 Å². The summed E-state index contributed by atoms with van der Waals surface area (Å²) >= 11 is 0. The Kier molecular flexibility index (Phi) is 9.25. The van der Waals surface area contributed by atoms with Gasteiger partial charge in [-0.15, -0.1) is 0 Å².